The third-order valence-electron chi connectivity index (χ3n) is 6.08. The predicted octanol–water partition coefficient (Wildman–Crippen LogP) is 1.79. The number of aliphatic hydroxyl groups is 1. The molecule has 3 heterocycles. The Kier molecular flexibility index (Phi) is 6.29. The average Bonchev–Trinajstić information content (AvgIpc) is 3.28. The van der Waals surface area contributed by atoms with Gasteiger partial charge in [0.2, 0.25) is 0 Å². The summed E-state index contributed by atoms with van der Waals surface area (Å²) in [6, 6.07) is 6.52. The van der Waals surface area contributed by atoms with E-state index in [0.29, 0.717) is 54.6 Å². The number of amides is 1. The van der Waals surface area contributed by atoms with Crippen molar-refractivity contribution < 1.29 is 24.2 Å². The second kappa shape index (κ2) is 9.13. The number of ether oxygens (including phenoxy) is 2. The molecule has 2 N–H and O–H groups in total. The minimum Gasteiger partial charge on any atom is -0.507 e. The number of nitrogens with one attached hydrogen (secondary N) is 1. The average molecular weight is 441 g/mol. The van der Waals surface area contributed by atoms with Crippen LogP contribution in [0.4, 0.5) is 0 Å². The van der Waals surface area contributed by atoms with E-state index in [4.69, 9.17) is 9.47 Å². The highest BCUT2D eigenvalue weighted by Crippen LogP contribution is 2.40. The summed E-state index contributed by atoms with van der Waals surface area (Å²) in [5, 5.41) is 18.2. The van der Waals surface area contributed by atoms with Crippen molar-refractivity contribution in [2.45, 2.75) is 19.9 Å². The summed E-state index contributed by atoms with van der Waals surface area (Å²) >= 11 is 0. The van der Waals surface area contributed by atoms with E-state index in [0.717, 1.165) is 13.1 Å². The molecule has 170 valence electrons. The van der Waals surface area contributed by atoms with E-state index < -0.39 is 17.7 Å². The van der Waals surface area contributed by atoms with Crippen molar-refractivity contribution in [2.75, 3.05) is 46.5 Å². The number of nitrogens with zero attached hydrogens (tertiary/aromatic N) is 3. The lowest BCUT2D eigenvalue weighted by atomic mass is 9.94. The van der Waals surface area contributed by atoms with Crippen molar-refractivity contribution in [3.8, 4) is 5.75 Å². The largest absolute Gasteiger partial charge is 0.507 e. The molecule has 1 atom stereocenters. The van der Waals surface area contributed by atoms with Crippen LogP contribution in [-0.4, -0.2) is 83.3 Å². The lowest BCUT2D eigenvalue weighted by Crippen LogP contribution is -2.42. The van der Waals surface area contributed by atoms with Crippen molar-refractivity contribution in [1.29, 1.82) is 0 Å². The van der Waals surface area contributed by atoms with Gasteiger partial charge in [-0.1, -0.05) is 12.1 Å². The summed E-state index contributed by atoms with van der Waals surface area (Å²) < 4.78 is 10.8. The number of hydrogen-bond donors (Lipinski definition) is 2. The van der Waals surface area contributed by atoms with Gasteiger partial charge in [0.15, 0.2) is 0 Å². The summed E-state index contributed by atoms with van der Waals surface area (Å²) in [6.45, 7) is 7.33. The zero-order chi connectivity index (χ0) is 22.8. The number of methoxy groups -OCH3 is 1. The number of morpholine rings is 1. The van der Waals surface area contributed by atoms with Crippen LogP contribution >= 0.6 is 0 Å². The van der Waals surface area contributed by atoms with Gasteiger partial charge in [-0.3, -0.25) is 19.6 Å². The van der Waals surface area contributed by atoms with Crippen molar-refractivity contribution in [3.63, 3.8) is 0 Å². The number of benzene rings is 1. The Morgan fingerprint density at radius 1 is 1.25 bits per heavy atom. The lowest BCUT2D eigenvalue weighted by molar-refractivity contribution is -0.140. The molecule has 0 radical (unpaired) electrons. The topological polar surface area (TPSA) is 108 Å². The van der Waals surface area contributed by atoms with Crippen molar-refractivity contribution in [3.05, 3.63) is 52.4 Å². The maximum atomic E-state index is 13.2. The number of likely N-dealkylation sites (tertiary alicyclic amines) is 1. The fourth-order valence-corrected chi connectivity index (χ4v) is 4.38. The maximum absolute atomic E-state index is 13.2. The van der Waals surface area contributed by atoms with Crippen LogP contribution in [-0.2, 0) is 14.3 Å². The molecule has 2 aliphatic rings. The smallest absolute Gasteiger partial charge is 0.295 e. The normalized spacial score (nSPS) is 21.3. The number of carbonyl (C=O) groups is 2. The number of hydrogen-bond acceptors (Lipinski definition) is 7. The molecular weight excluding hydrogens is 412 g/mol. The molecule has 2 aliphatic heterocycles. The predicted molar refractivity (Wildman–Crippen MR) is 117 cm³/mol. The molecule has 1 amide bonds. The molecule has 0 unspecified atom stereocenters. The molecule has 32 heavy (non-hydrogen) atoms. The van der Waals surface area contributed by atoms with Crippen LogP contribution in [0.2, 0.25) is 0 Å². The molecule has 0 bridgehead atoms. The van der Waals surface area contributed by atoms with Gasteiger partial charge < -0.3 is 19.5 Å². The molecule has 2 fully saturated rings. The molecule has 0 aliphatic carbocycles. The number of aliphatic hydroxyl groups excluding tert-OH is 1. The number of Topliss-reactive ketones (excluding diaryl/α,β-unsaturated/α-hetero) is 1. The van der Waals surface area contributed by atoms with Crippen molar-refractivity contribution in [2.24, 2.45) is 0 Å². The first-order valence-corrected chi connectivity index (χ1v) is 10.7. The fourth-order valence-electron chi connectivity index (χ4n) is 4.38. The van der Waals surface area contributed by atoms with Gasteiger partial charge in [0, 0.05) is 31.9 Å². The van der Waals surface area contributed by atoms with Crippen LogP contribution < -0.4 is 4.74 Å². The second-order valence-electron chi connectivity index (χ2n) is 8.03. The minimum absolute atomic E-state index is 0.0674. The van der Waals surface area contributed by atoms with Gasteiger partial charge in [-0.25, -0.2) is 0 Å². The van der Waals surface area contributed by atoms with Crippen LogP contribution in [0.1, 0.15) is 28.6 Å². The van der Waals surface area contributed by atoms with Crippen molar-refractivity contribution >= 4 is 17.4 Å². The lowest BCUT2D eigenvalue weighted by Gasteiger charge is -2.31. The van der Waals surface area contributed by atoms with Gasteiger partial charge in [0.1, 0.15) is 11.5 Å². The Morgan fingerprint density at radius 3 is 2.66 bits per heavy atom. The number of rotatable bonds is 6. The number of aromatic amines is 1. The first-order chi connectivity index (χ1) is 15.4. The zero-order valence-corrected chi connectivity index (χ0v) is 18.6. The van der Waals surface area contributed by atoms with Crippen LogP contribution in [0.5, 0.6) is 5.75 Å². The van der Waals surface area contributed by atoms with Crippen LogP contribution in [0.25, 0.3) is 5.76 Å². The molecule has 2 aromatic rings. The van der Waals surface area contributed by atoms with E-state index in [1.807, 2.05) is 12.1 Å². The molecule has 0 spiro atoms. The van der Waals surface area contributed by atoms with E-state index in [2.05, 4.69) is 15.1 Å². The Bertz CT molecular complexity index is 1030. The van der Waals surface area contributed by atoms with Crippen LogP contribution in [0, 0.1) is 13.8 Å². The SMILES string of the molecule is COc1cccc([C@@H]2C(=C(O)c3c(C)n[nH]c3C)C(=O)C(=O)N2CCN2CCOCC2)c1. The van der Waals surface area contributed by atoms with Gasteiger partial charge in [-0.15, -0.1) is 0 Å². The Hall–Kier alpha value is -3.17. The monoisotopic (exact) mass is 440 g/mol. The minimum atomic E-state index is -0.722. The molecule has 0 saturated carbocycles. The summed E-state index contributed by atoms with van der Waals surface area (Å²) in [6.07, 6.45) is 0. The third kappa shape index (κ3) is 4.01. The first-order valence-electron chi connectivity index (χ1n) is 10.7. The second-order valence-corrected chi connectivity index (χ2v) is 8.03. The molecule has 1 aromatic carbocycles. The van der Waals surface area contributed by atoms with E-state index in [1.54, 1.807) is 38.0 Å². The van der Waals surface area contributed by atoms with Crippen molar-refractivity contribution in [1.82, 2.24) is 20.0 Å². The van der Waals surface area contributed by atoms with E-state index in [9.17, 15) is 14.7 Å². The van der Waals surface area contributed by atoms with E-state index in [-0.39, 0.29) is 11.3 Å². The van der Waals surface area contributed by atoms with E-state index in [1.165, 1.54) is 0 Å². The molecule has 2 saturated heterocycles. The first kappa shape index (κ1) is 22.0. The molecular formula is C23H28N4O5. The fraction of sp³-hybridized carbons (Fsp3) is 0.435. The zero-order valence-electron chi connectivity index (χ0n) is 18.6. The number of H-pyrrole nitrogens is 1. The third-order valence-corrected chi connectivity index (χ3v) is 6.08. The molecule has 9 heteroatoms. The van der Waals surface area contributed by atoms with Crippen LogP contribution in [0.15, 0.2) is 29.8 Å². The summed E-state index contributed by atoms with van der Waals surface area (Å²) in [5.74, 6) is -0.922. The van der Waals surface area contributed by atoms with Gasteiger partial charge in [-0.05, 0) is 31.5 Å². The Morgan fingerprint density at radius 2 is 2.00 bits per heavy atom. The highest BCUT2D eigenvalue weighted by atomic mass is 16.5. The summed E-state index contributed by atoms with van der Waals surface area (Å²) in [5.41, 5.74) is 2.40. The molecule has 9 nitrogen and oxygen atoms in total. The Balaban J connectivity index is 1.78. The molecule has 1 aromatic heterocycles. The standard InChI is InChI=1S/C23H28N4O5/c1-14-18(15(2)25-24-14)21(28)19-20(16-5-4-6-17(13-16)31-3)27(23(30)22(19)29)8-7-26-9-11-32-12-10-26/h4-6,13,20,28H,7-12H2,1-3H3,(H,24,25)/t20-/m1/s1. The number of carbonyl (C=O) groups excluding carboxylic acids is 2. The van der Waals surface area contributed by atoms with Crippen LogP contribution in [0.3, 0.4) is 0 Å². The summed E-state index contributed by atoms with van der Waals surface area (Å²) in [7, 11) is 1.56. The van der Waals surface area contributed by atoms with Gasteiger partial charge in [0.05, 0.1) is 43.2 Å². The van der Waals surface area contributed by atoms with Gasteiger partial charge >= 0.3 is 0 Å². The number of aryl methyl sites for hydroxylation is 2. The number of aromatic nitrogens is 2. The van der Waals surface area contributed by atoms with Gasteiger partial charge in [0.25, 0.3) is 11.7 Å². The molecule has 4 rings (SSSR count). The van der Waals surface area contributed by atoms with E-state index >= 15 is 0 Å². The highest BCUT2D eigenvalue weighted by molar-refractivity contribution is 6.46. The maximum Gasteiger partial charge on any atom is 0.295 e. The number of ketones is 1. The Labute approximate surface area is 186 Å². The quantitative estimate of drug-likeness (QED) is 0.401. The summed E-state index contributed by atoms with van der Waals surface area (Å²) in [4.78, 5) is 30.0. The van der Waals surface area contributed by atoms with Gasteiger partial charge in [-0.2, -0.15) is 5.10 Å². The highest BCUT2D eigenvalue weighted by Gasteiger charge is 2.46.